The van der Waals surface area contributed by atoms with E-state index in [1.165, 1.54) is 6.92 Å². The fraction of sp³-hybridized carbons (Fsp3) is 0.500. The first kappa shape index (κ1) is 18.8. The highest BCUT2D eigenvalue weighted by Crippen LogP contribution is 2.25. The Morgan fingerprint density at radius 1 is 1.23 bits per heavy atom. The molecule has 0 radical (unpaired) electrons. The summed E-state index contributed by atoms with van der Waals surface area (Å²) in [6.45, 7) is 6.80. The topological polar surface area (TPSA) is 49.4 Å². The highest BCUT2D eigenvalue weighted by molar-refractivity contribution is 6.36. The molecule has 1 aromatic rings. The predicted molar refractivity (Wildman–Crippen MR) is 91.4 cm³/mol. The van der Waals surface area contributed by atoms with Crippen LogP contribution in [0.25, 0.3) is 0 Å². The first-order valence-corrected chi connectivity index (χ1v) is 8.05. The lowest BCUT2D eigenvalue weighted by molar-refractivity contribution is -0.129. The van der Waals surface area contributed by atoms with Gasteiger partial charge in [-0.2, -0.15) is 0 Å². The molecule has 6 heteroatoms. The van der Waals surface area contributed by atoms with Crippen molar-refractivity contribution in [3.05, 3.63) is 28.2 Å². The average Bonchev–Trinajstić information content (AvgIpc) is 2.41. The summed E-state index contributed by atoms with van der Waals surface area (Å²) in [5, 5.41) is 3.64. The number of carbonyl (C=O) groups excluding carboxylic acids is 2. The van der Waals surface area contributed by atoms with Crippen LogP contribution in [0.5, 0.6) is 0 Å². The summed E-state index contributed by atoms with van der Waals surface area (Å²) in [4.78, 5) is 25.2. The van der Waals surface area contributed by atoms with E-state index in [0.29, 0.717) is 34.7 Å². The van der Waals surface area contributed by atoms with Crippen molar-refractivity contribution in [3.8, 4) is 0 Å². The standard InChI is InChI=1S/C16H22Cl2N2O2/c1-11(2)6-8-20(12(3)21)9-7-16(22)19-15-5-4-13(17)10-14(15)18/h4-5,10-11H,6-9H2,1-3H3,(H,19,22). The number of benzene rings is 1. The number of amides is 2. The molecule has 0 aliphatic heterocycles. The minimum absolute atomic E-state index is 0.0158. The van der Waals surface area contributed by atoms with Crippen LogP contribution in [0.1, 0.15) is 33.6 Å². The lowest BCUT2D eigenvalue weighted by Crippen LogP contribution is -2.33. The number of hydrogen-bond acceptors (Lipinski definition) is 2. The molecule has 122 valence electrons. The van der Waals surface area contributed by atoms with Crippen molar-refractivity contribution in [2.24, 2.45) is 5.92 Å². The summed E-state index contributed by atoms with van der Waals surface area (Å²) < 4.78 is 0. The predicted octanol–water partition coefficient (Wildman–Crippen LogP) is 4.22. The molecule has 0 heterocycles. The van der Waals surface area contributed by atoms with Gasteiger partial charge in [0.05, 0.1) is 10.7 Å². The van der Waals surface area contributed by atoms with E-state index in [-0.39, 0.29) is 18.2 Å². The van der Waals surface area contributed by atoms with E-state index >= 15 is 0 Å². The quantitative estimate of drug-likeness (QED) is 0.804. The van der Waals surface area contributed by atoms with Crippen molar-refractivity contribution in [2.75, 3.05) is 18.4 Å². The smallest absolute Gasteiger partial charge is 0.226 e. The lowest BCUT2D eigenvalue weighted by atomic mass is 10.1. The molecule has 0 saturated carbocycles. The number of nitrogens with one attached hydrogen (secondary N) is 1. The van der Waals surface area contributed by atoms with Crippen LogP contribution < -0.4 is 5.32 Å². The van der Waals surface area contributed by atoms with Crippen molar-refractivity contribution < 1.29 is 9.59 Å². The van der Waals surface area contributed by atoms with Crippen molar-refractivity contribution >= 4 is 40.7 Å². The molecule has 1 aromatic carbocycles. The van der Waals surface area contributed by atoms with Crippen LogP contribution in [-0.4, -0.2) is 29.8 Å². The van der Waals surface area contributed by atoms with E-state index in [0.717, 1.165) is 6.42 Å². The van der Waals surface area contributed by atoms with E-state index in [2.05, 4.69) is 19.2 Å². The normalized spacial score (nSPS) is 10.6. The van der Waals surface area contributed by atoms with Crippen molar-refractivity contribution in [1.29, 1.82) is 0 Å². The van der Waals surface area contributed by atoms with Crippen LogP contribution in [0.2, 0.25) is 10.0 Å². The Morgan fingerprint density at radius 2 is 1.91 bits per heavy atom. The maximum absolute atomic E-state index is 12.0. The van der Waals surface area contributed by atoms with Crippen LogP contribution in [-0.2, 0) is 9.59 Å². The molecule has 0 bridgehead atoms. The molecule has 0 aromatic heterocycles. The van der Waals surface area contributed by atoms with Gasteiger partial charge < -0.3 is 10.2 Å². The van der Waals surface area contributed by atoms with Gasteiger partial charge in [-0.25, -0.2) is 0 Å². The summed E-state index contributed by atoms with van der Waals surface area (Å²) in [7, 11) is 0. The Morgan fingerprint density at radius 3 is 2.45 bits per heavy atom. The maximum atomic E-state index is 12.0. The molecule has 0 aliphatic carbocycles. The third kappa shape index (κ3) is 6.67. The third-order valence-corrected chi connectivity index (χ3v) is 3.78. The Bertz CT molecular complexity index is 533. The zero-order valence-corrected chi connectivity index (χ0v) is 14.7. The Hall–Kier alpha value is -1.26. The zero-order valence-electron chi connectivity index (χ0n) is 13.2. The number of carbonyl (C=O) groups is 2. The Labute approximate surface area is 141 Å². The fourth-order valence-electron chi connectivity index (χ4n) is 1.88. The highest BCUT2D eigenvalue weighted by atomic mass is 35.5. The molecule has 0 aliphatic rings. The molecule has 2 amide bonds. The second kappa shape index (κ2) is 9.01. The third-order valence-electron chi connectivity index (χ3n) is 3.24. The van der Waals surface area contributed by atoms with Crippen LogP contribution in [0.3, 0.4) is 0 Å². The first-order chi connectivity index (χ1) is 10.3. The van der Waals surface area contributed by atoms with Gasteiger partial charge in [-0.15, -0.1) is 0 Å². The van der Waals surface area contributed by atoms with E-state index in [1.807, 2.05) is 0 Å². The summed E-state index contributed by atoms with van der Waals surface area (Å²) in [6.07, 6.45) is 1.15. The van der Waals surface area contributed by atoms with Crippen molar-refractivity contribution in [3.63, 3.8) is 0 Å². The van der Waals surface area contributed by atoms with E-state index < -0.39 is 0 Å². The van der Waals surface area contributed by atoms with E-state index in [4.69, 9.17) is 23.2 Å². The SMILES string of the molecule is CC(=O)N(CCC(=O)Nc1ccc(Cl)cc1Cl)CCC(C)C. The van der Waals surface area contributed by atoms with Crippen LogP contribution in [0.15, 0.2) is 18.2 Å². The van der Waals surface area contributed by atoms with E-state index in [9.17, 15) is 9.59 Å². The molecule has 0 spiro atoms. The van der Waals surface area contributed by atoms with E-state index in [1.54, 1.807) is 23.1 Å². The molecule has 0 unspecified atom stereocenters. The van der Waals surface area contributed by atoms with Gasteiger partial charge in [0.15, 0.2) is 0 Å². The largest absolute Gasteiger partial charge is 0.342 e. The van der Waals surface area contributed by atoms with Gasteiger partial charge in [0, 0.05) is 31.5 Å². The maximum Gasteiger partial charge on any atom is 0.226 e. The second-order valence-electron chi connectivity index (χ2n) is 5.61. The monoisotopic (exact) mass is 344 g/mol. The number of anilines is 1. The van der Waals surface area contributed by atoms with Gasteiger partial charge in [0.1, 0.15) is 0 Å². The molecular weight excluding hydrogens is 323 g/mol. The number of nitrogens with zero attached hydrogens (tertiary/aromatic N) is 1. The Balaban J connectivity index is 2.51. The summed E-state index contributed by atoms with van der Waals surface area (Å²) in [6, 6.07) is 4.89. The minimum Gasteiger partial charge on any atom is -0.342 e. The van der Waals surface area contributed by atoms with Gasteiger partial charge in [-0.05, 0) is 30.5 Å². The molecule has 22 heavy (non-hydrogen) atoms. The van der Waals surface area contributed by atoms with Crippen LogP contribution >= 0.6 is 23.2 Å². The molecule has 0 saturated heterocycles. The molecular formula is C16H22Cl2N2O2. The number of halogens is 2. The molecule has 4 nitrogen and oxygen atoms in total. The molecule has 0 fully saturated rings. The molecule has 0 atom stereocenters. The average molecular weight is 345 g/mol. The van der Waals surface area contributed by atoms with Gasteiger partial charge in [0.25, 0.3) is 0 Å². The number of rotatable bonds is 7. The van der Waals surface area contributed by atoms with Crippen molar-refractivity contribution in [1.82, 2.24) is 4.90 Å². The van der Waals surface area contributed by atoms with Gasteiger partial charge in [-0.3, -0.25) is 9.59 Å². The fourth-order valence-corrected chi connectivity index (χ4v) is 2.34. The van der Waals surface area contributed by atoms with Crippen LogP contribution in [0.4, 0.5) is 5.69 Å². The molecule has 1 N–H and O–H groups in total. The lowest BCUT2D eigenvalue weighted by Gasteiger charge is -2.21. The molecule has 1 rings (SSSR count). The van der Waals surface area contributed by atoms with Gasteiger partial charge in [-0.1, -0.05) is 37.0 Å². The summed E-state index contributed by atoms with van der Waals surface area (Å²) in [5.41, 5.74) is 0.521. The number of hydrogen-bond donors (Lipinski definition) is 1. The van der Waals surface area contributed by atoms with Gasteiger partial charge >= 0.3 is 0 Å². The Kier molecular flexibility index (Phi) is 7.69. The summed E-state index contributed by atoms with van der Waals surface area (Å²) in [5.74, 6) is 0.321. The minimum atomic E-state index is -0.181. The highest BCUT2D eigenvalue weighted by Gasteiger charge is 2.12. The zero-order chi connectivity index (χ0) is 16.7. The first-order valence-electron chi connectivity index (χ1n) is 7.30. The van der Waals surface area contributed by atoms with Crippen LogP contribution in [0, 0.1) is 5.92 Å². The van der Waals surface area contributed by atoms with Gasteiger partial charge in [0.2, 0.25) is 11.8 Å². The summed E-state index contributed by atoms with van der Waals surface area (Å²) >= 11 is 11.8. The van der Waals surface area contributed by atoms with Crippen molar-refractivity contribution in [2.45, 2.75) is 33.6 Å². The second-order valence-corrected chi connectivity index (χ2v) is 6.45.